The van der Waals surface area contributed by atoms with Gasteiger partial charge in [0.2, 0.25) is 0 Å². The molecule has 0 radical (unpaired) electrons. The second kappa shape index (κ2) is 4.39. The quantitative estimate of drug-likeness (QED) is 0.507. The highest BCUT2D eigenvalue weighted by atomic mass is 14.8. The zero-order valence-corrected chi connectivity index (χ0v) is 11.6. The molecule has 1 aliphatic rings. The third-order valence-corrected chi connectivity index (χ3v) is 5.47. The second-order valence-corrected chi connectivity index (χ2v) is 5.81. The van der Waals surface area contributed by atoms with Gasteiger partial charge in [0.25, 0.3) is 0 Å². The molecule has 0 heteroatoms. The monoisotopic (exact) mass is 220 g/mol. The predicted octanol–water partition coefficient (Wildman–Crippen LogP) is 5.36. The van der Waals surface area contributed by atoms with Crippen LogP contribution in [-0.2, 0) is 0 Å². The van der Waals surface area contributed by atoms with Gasteiger partial charge in [0.15, 0.2) is 0 Å². The average Bonchev–Trinajstić information content (AvgIpc) is 2.68. The van der Waals surface area contributed by atoms with Crippen molar-refractivity contribution < 1.29 is 0 Å². The number of hydrogen-bond donors (Lipinski definition) is 0. The van der Waals surface area contributed by atoms with Gasteiger partial charge in [-0.25, -0.2) is 0 Å². The Balaban J connectivity index is 3.01. The van der Waals surface area contributed by atoms with Gasteiger partial charge >= 0.3 is 0 Å². The third-order valence-electron chi connectivity index (χ3n) is 5.47. The minimum atomic E-state index is 0.346. The van der Waals surface area contributed by atoms with Crippen LogP contribution >= 0.6 is 0 Å². The van der Waals surface area contributed by atoms with Gasteiger partial charge in [-0.3, -0.25) is 0 Å². The van der Waals surface area contributed by atoms with Gasteiger partial charge in [0.05, 0.1) is 0 Å². The Labute approximate surface area is 102 Å². The molecule has 92 valence electrons. The second-order valence-electron chi connectivity index (χ2n) is 5.81. The molecule has 0 aromatic carbocycles. The zero-order chi connectivity index (χ0) is 12.4. The van der Waals surface area contributed by atoms with E-state index in [0.29, 0.717) is 16.2 Å². The van der Waals surface area contributed by atoms with Crippen LogP contribution in [0.3, 0.4) is 0 Å². The van der Waals surface area contributed by atoms with Gasteiger partial charge in [-0.15, -0.1) is 13.2 Å². The SMILES string of the molecule is C=CCCC1(C=C)C(C)(C)C1(CC)CCC. The lowest BCUT2D eigenvalue weighted by Crippen LogP contribution is -2.11. The molecule has 2 atom stereocenters. The standard InChI is InChI=1S/C16H28/c1-7-11-13-16(10-4)14(5,6)15(16,9-3)12-8-2/h7,10H,1,4,8-9,11-13H2,2-3,5-6H3. The lowest BCUT2D eigenvalue weighted by Gasteiger charge is -2.21. The molecule has 0 N–H and O–H groups in total. The highest BCUT2D eigenvalue weighted by Gasteiger charge is 2.77. The smallest absolute Gasteiger partial charge is 0.0000447 e. The maximum absolute atomic E-state index is 4.13. The van der Waals surface area contributed by atoms with Crippen molar-refractivity contribution in [2.24, 2.45) is 16.2 Å². The highest BCUT2D eigenvalue weighted by Crippen LogP contribution is 2.83. The minimum absolute atomic E-state index is 0.346. The average molecular weight is 220 g/mol. The summed E-state index contributed by atoms with van der Waals surface area (Å²) in [4.78, 5) is 0. The Hall–Kier alpha value is -0.520. The van der Waals surface area contributed by atoms with E-state index in [9.17, 15) is 0 Å². The first-order chi connectivity index (χ1) is 7.49. The fourth-order valence-electron chi connectivity index (χ4n) is 4.53. The van der Waals surface area contributed by atoms with Gasteiger partial charge in [-0.1, -0.05) is 46.3 Å². The minimum Gasteiger partial charge on any atom is -0.103 e. The molecule has 0 heterocycles. The van der Waals surface area contributed by atoms with Gasteiger partial charge in [-0.05, 0) is 36.5 Å². The Bertz CT molecular complexity index is 274. The van der Waals surface area contributed by atoms with E-state index < -0.39 is 0 Å². The van der Waals surface area contributed by atoms with Crippen LogP contribution in [0.4, 0.5) is 0 Å². The molecule has 16 heavy (non-hydrogen) atoms. The predicted molar refractivity (Wildman–Crippen MR) is 73.5 cm³/mol. The van der Waals surface area contributed by atoms with Gasteiger partial charge in [0, 0.05) is 5.41 Å². The van der Waals surface area contributed by atoms with Crippen LogP contribution < -0.4 is 0 Å². The first-order valence-electron chi connectivity index (χ1n) is 6.74. The van der Waals surface area contributed by atoms with E-state index in [1.54, 1.807) is 0 Å². The van der Waals surface area contributed by atoms with Crippen molar-refractivity contribution >= 4 is 0 Å². The van der Waals surface area contributed by atoms with E-state index in [1.807, 2.05) is 6.08 Å². The molecule has 2 unspecified atom stereocenters. The summed E-state index contributed by atoms with van der Waals surface area (Å²) in [6.07, 6.45) is 10.5. The first-order valence-corrected chi connectivity index (χ1v) is 6.74. The molecule has 0 aliphatic heterocycles. The van der Waals surface area contributed by atoms with Crippen molar-refractivity contribution in [2.45, 2.75) is 59.8 Å². The Morgan fingerprint density at radius 1 is 1.06 bits per heavy atom. The van der Waals surface area contributed by atoms with E-state index in [2.05, 4.69) is 46.9 Å². The summed E-state index contributed by atoms with van der Waals surface area (Å²) in [5.41, 5.74) is 1.24. The summed E-state index contributed by atoms with van der Waals surface area (Å²) < 4.78 is 0. The molecule has 0 saturated heterocycles. The fraction of sp³-hybridized carbons (Fsp3) is 0.750. The molecule has 0 bridgehead atoms. The lowest BCUT2D eigenvalue weighted by molar-refractivity contribution is 0.319. The zero-order valence-electron chi connectivity index (χ0n) is 11.6. The van der Waals surface area contributed by atoms with E-state index in [4.69, 9.17) is 0 Å². The number of allylic oxidation sites excluding steroid dienone is 2. The van der Waals surface area contributed by atoms with Gasteiger partial charge in [0.1, 0.15) is 0 Å². The molecular weight excluding hydrogens is 192 g/mol. The Kier molecular flexibility index (Phi) is 3.72. The number of rotatable bonds is 7. The van der Waals surface area contributed by atoms with E-state index in [-0.39, 0.29) is 0 Å². The molecule has 0 aromatic rings. The van der Waals surface area contributed by atoms with Crippen LogP contribution in [-0.4, -0.2) is 0 Å². The molecular formula is C16H28. The first kappa shape index (κ1) is 13.5. The lowest BCUT2D eigenvalue weighted by atomic mass is 9.83. The van der Waals surface area contributed by atoms with Gasteiger partial charge < -0.3 is 0 Å². The highest BCUT2D eigenvalue weighted by molar-refractivity contribution is 5.32. The molecule has 0 nitrogen and oxygen atoms in total. The van der Waals surface area contributed by atoms with Crippen LogP contribution in [0.25, 0.3) is 0 Å². The van der Waals surface area contributed by atoms with Crippen molar-refractivity contribution in [3.8, 4) is 0 Å². The maximum Gasteiger partial charge on any atom is 0.0000447 e. The number of hydrogen-bond acceptors (Lipinski definition) is 0. The summed E-state index contributed by atoms with van der Waals surface area (Å²) >= 11 is 0. The van der Waals surface area contributed by atoms with Crippen molar-refractivity contribution in [1.29, 1.82) is 0 Å². The molecule has 1 fully saturated rings. The summed E-state index contributed by atoms with van der Waals surface area (Å²) in [6, 6.07) is 0. The molecule has 0 amide bonds. The molecule has 0 aromatic heterocycles. The van der Waals surface area contributed by atoms with Crippen molar-refractivity contribution in [3.05, 3.63) is 25.3 Å². The topological polar surface area (TPSA) is 0 Å². The molecule has 1 saturated carbocycles. The van der Waals surface area contributed by atoms with Crippen LogP contribution in [0.15, 0.2) is 25.3 Å². The van der Waals surface area contributed by atoms with Crippen LogP contribution in [0.2, 0.25) is 0 Å². The maximum atomic E-state index is 4.13. The van der Waals surface area contributed by atoms with Crippen LogP contribution in [0, 0.1) is 16.2 Å². The molecule has 1 rings (SSSR count). The van der Waals surface area contributed by atoms with Crippen molar-refractivity contribution in [2.75, 3.05) is 0 Å². The third kappa shape index (κ3) is 1.35. The summed E-state index contributed by atoms with van der Waals surface area (Å²) in [7, 11) is 0. The largest absolute Gasteiger partial charge is 0.103 e. The van der Waals surface area contributed by atoms with Crippen LogP contribution in [0.5, 0.6) is 0 Å². The normalized spacial score (nSPS) is 35.8. The summed E-state index contributed by atoms with van der Waals surface area (Å²) in [5.74, 6) is 0. The van der Waals surface area contributed by atoms with Crippen molar-refractivity contribution in [3.63, 3.8) is 0 Å². The summed E-state index contributed by atoms with van der Waals surface area (Å²) in [6.45, 7) is 17.5. The van der Waals surface area contributed by atoms with Gasteiger partial charge in [-0.2, -0.15) is 0 Å². The Morgan fingerprint density at radius 3 is 2.06 bits per heavy atom. The fourth-order valence-corrected chi connectivity index (χ4v) is 4.53. The Morgan fingerprint density at radius 2 is 1.69 bits per heavy atom. The van der Waals surface area contributed by atoms with Crippen LogP contribution in [0.1, 0.15) is 59.8 Å². The van der Waals surface area contributed by atoms with E-state index in [1.165, 1.54) is 25.7 Å². The van der Waals surface area contributed by atoms with E-state index in [0.717, 1.165) is 6.42 Å². The summed E-state index contributed by atoms with van der Waals surface area (Å²) in [5, 5.41) is 0. The van der Waals surface area contributed by atoms with Crippen molar-refractivity contribution in [1.82, 2.24) is 0 Å². The molecule has 1 aliphatic carbocycles. The molecule has 0 spiro atoms. The van der Waals surface area contributed by atoms with E-state index >= 15 is 0 Å².